The Kier molecular flexibility index (Phi) is 7.42. The van der Waals surface area contributed by atoms with Gasteiger partial charge in [0.1, 0.15) is 0 Å². The van der Waals surface area contributed by atoms with Crippen LogP contribution in [0.1, 0.15) is 42.6 Å². The summed E-state index contributed by atoms with van der Waals surface area (Å²) in [5, 5.41) is 11.8. The molecule has 9 heteroatoms. The number of anilines is 1. The summed E-state index contributed by atoms with van der Waals surface area (Å²) in [6, 6.07) is 14.2. The Bertz CT molecular complexity index is 1040. The van der Waals surface area contributed by atoms with Crippen LogP contribution in [0, 0.1) is 10.1 Å². The number of rotatable bonds is 9. The fraction of sp³-hybridized carbons (Fsp3) is 0.375. The molecule has 33 heavy (non-hydrogen) atoms. The van der Waals surface area contributed by atoms with Crippen LogP contribution in [0.4, 0.5) is 5.69 Å². The van der Waals surface area contributed by atoms with Crippen molar-refractivity contribution in [2.45, 2.75) is 44.8 Å². The van der Waals surface area contributed by atoms with Crippen molar-refractivity contribution in [1.82, 2.24) is 0 Å². The van der Waals surface area contributed by atoms with Crippen LogP contribution in [-0.4, -0.2) is 47.6 Å². The number of nitrogens with zero attached hydrogens (tertiary/aromatic N) is 2. The molecule has 0 aromatic heterocycles. The fourth-order valence-corrected chi connectivity index (χ4v) is 4.04. The Morgan fingerprint density at radius 2 is 1.79 bits per heavy atom. The Hall–Kier alpha value is -3.75. The zero-order valence-electron chi connectivity index (χ0n) is 18.6. The van der Waals surface area contributed by atoms with Crippen LogP contribution >= 0.6 is 0 Å². The highest BCUT2D eigenvalue weighted by molar-refractivity contribution is 6.02. The van der Waals surface area contributed by atoms with E-state index in [2.05, 4.69) is 0 Å². The number of carbonyl (C=O) groups excluding carboxylic acids is 3. The monoisotopic (exact) mass is 454 g/mol. The minimum Gasteiger partial charge on any atom is -0.462 e. The molecule has 1 aliphatic heterocycles. The van der Waals surface area contributed by atoms with E-state index in [0.717, 1.165) is 12.5 Å². The first-order valence-electron chi connectivity index (χ1n) is 10.7. The second-order valence-electron chi connectivity index (χ2n) is 7.89. The Balaban J connectivity index is 1.82. The number of para-hydroxylation sites is 1. The highest BCUT2D eigenvalue weighted by Gasteiger charge is 2.56. The van der Waals surface area contributed by atoms with Crippen molar-refractivity contribution in [3.05, 3.63) is 75.8 Å². The molecule has 0 saturated heterocycles. The molecule has 0 N–H and O–H groups in total. The molecular formula is C24H26N2O7. The van der Waals surface area contributed by atoms with E-state index in [1.807, 2.05) is 12.1 Å². The number of carbonyl (C=O) groups is 3. The molecule has 0 spiro atoms. The van der Waals surface area contributed by atoms with Crippen LogP contribution < -0.4 is 4.90 Å². The summed E-state index contributed by atoms with van der Waals surface area (Å²) >= 11 is 0. The lowest BCUT2D eigenvalue weighted by Crippen LogP contribution is -2.60. The molecule has 1 aliphatic rings. The predicted molar refractivity (Wildman–Crippen MR) is 119 cm³/mol. The molecule has 0 radical (unpaired) electrons. The summed E-state index contributed by atoms with van der Waals surface area (Å²) in [6.07, 6.45) is 0.513. The van der Waals surface area contributed by atoms with Gasteiger partial charge in [-0.1, -0.05) is 36.4 Å². The van der Waals surface area contributed by atoms with Crippen molar-refractivity contribution in [2.24, 2.45) is 0 Å². The number of fused-ring (bicyclic) bond motifs is 1. The van der Waals surface area contributed by atoms with E-state index in [-0.39, 0.29) is 19.4 Å². The summed E-state index contributed by atoms with van der Waals surface area (Å²) in [6.45, 7) is 2.60. The first-order valence-corrected chi connectivity index (χ1v) is 10.7. The third kappa shape index (κ3) is 5.19. The lowest BCUT2D eigenvalue weighted by atomic mass is 9.88. The van der Waals surface area contributed by atoms with E-state index < -0.39 is 34.4 Å². The molecule has 2 aromatic rings. The molecule has 0 saturated carbocycles. The summed E-state index contributed by atoms with van der Waals surface area (Å²) < 4.78 is 10.7. The van der Waals surface area contributed by atoms with Gasteiger partial charge in [0.05, 0.1) is 12.2 Å². The minimum atomic E-state index is -2.04. The van der Waals surface area contributed by atoms with Gasteiger partial charge in [0.2, 0.25) is 0 Å². The standard InChI is InChI=1S/C24H26N2O7/c1-17(26(30)31)24(33-18(2)27,14-8-16-32-22(28)20-10-4-3-5-11-20)23(29)25-15-13-19-9-6-7-12-21(19)25/h3-7,9-12,17H,8,13-16H2,1-2H3/t17-,24-/m1/s1. The number of hydrogen-bond donors (Lipinski definition) is 0. The highest BCUT2D eigenvalue weighted by atomic mass is 16.6. The van der Waals surface area contributed by atoms with Gasteiger partial charge in [-0.3, -0.25) is 19.7 Å². The highest BCUT2D eigenvalue weighted by Crippen LogP contribution is 2.34. The van der Waals surface area contributed by atoms with Gasteiger partial charge < -0.3 is 14.4 Å². The topological polar surface area (TPSA) is 116 Å². The Labute approximate surface area is 191 Å². The average molecular weight is 454 g/mol. The van der Waals surface area contributed by atoms with E-state index in [1.54, 1.807) is 42.5 Å². The smallest absolute Gasteiger partial charge is 0.338 e. The molecule has 0 unspecified atom stereocenters. The minimum absolute atomic E-state index is 0.0886. The number of amides is 1. The zero-order chi connectivity index (χ0) is 24.0. The zero-order valence-corrected chi connectivity index (χ0v) is 18.6. The van der Waals surface area contributed by atoms with Crippen molar-refractivity contribution < 1.29 is 28.8 Å². The average Bonchev–Trinajstić information content (AvgIpc) is 3.24. The molecule has 1 heterocycles. The summed E-state index contributed by atoms with van der Waals surface area (Å²) in [5.41, 5.74) is -0.0864. The van der Waals surface area contributed by atoms with Gasteiger partial charge in [0.15, 0.2) is 0 Å². The first-order chi connectivity index (χ1) is 15.8. The van der Waals surface area contributed by atoms with Crippen molar-refractivity contribution in [3.63, 3.8) is 0 Å². The lowest BCUT2D eigenvalue weighted by Gasteiger charge is -2.35. The molecule has 2 atom stereocenters. The molecular weight excluding hydrogens is 428 g/mol. The third-order valence-corrected chi connectivity index (χ3v) is 5.75. The van der Waals surface area contributed by atoms with Gasteiger partial charge in [-0.05, 0) is 36.6 Å². The van der Waals surface area contributed by atoms with E-state index in [9.17, 15) is 24.5 Å². The van der Waals surface area contributed by atoms with Gasteiger partial charge in [-0.15, -0.1) is 0 Å². The van der Waals surface area contributed by atoms with Crippen molar-refractivity contribution >= 4 is 23.5 Å². The number of nitro groups is 1. The molecule has 0 aliphatic carbocycles. The molecule has 0 bridgehead atoms. The number of esters is 2. The van der Waals surface area contributed by atoms with Crippen LogP contribution in [0.15, 0.2) is 54.6 Å². The first kappa shape index (κ1) is 23.9. The van der Waals surface area contributed by atoms with Crippen LogP contribution in [0.5, 0.6) is 0 Å². The van der Waals surface area contributed by atoms with Gasteiger partial charge >= 0.3 is 11.9 Å². The summed E-state index contributed by atoms with van der Waals surface area (Å²) in [7, 11) is 0. The van der Waals surface area contributed by atoms with E-state index in [4.69, 9.17) is 9.47 Å². The fourth-order valence-electron chi connectivity index (χ4n) is 4.04. The second-order valence-corrected chi connectivity index (χ2v) is 7.89. The SMILES string of the molecule is CC(=O)O[C@@](CCCOC(=O)c1ccccc1)(C(=O)N1CCc2ccccc21)[C@@H](C)[N+](=O)[O-]. The van der Waals surface area contributed by atoms with E-state index >= 15 is 0 Å². The predicted octanol–water partition coefficient (Wildman–Crippen LogP) is 3.18. The van der Waals surface area contributed by atoms with Gasteiger partial charge in [0.25, 0.3) is 17.6 Å². The maximum Gasteiger partial charge on any atom is 0.338 e. The molecule has 0 fully saturated rings. The lowest BCUT2D eigenvalue weighted by molar-refractivity contribution is -0.536. The third-order valence-electron chi connectivity index (χ3n) is 5.75. The summed E-state index contributed by atoms with van der Waals surface area (Å²) in [5.74, 6) is -2.00. The quantitative estimate of drug-likeness (QED) is 0.247. The normalized spacial score (nSPS) is 15.2. The molecule has 3 rings (SSSR count). The van der Waals surface area contributed by atoms with Crippen molar-refractivity contribution in [2.75, 3.05) is 18.1 Å². The van der Waals surface area contributed by atoms with E-state index in [1.165, 1.54) is 11.8 Å². The largest absolute Gasteiger partial charge is 0.462 e. The van der Waals surface area contributed by atoms with Crippen LogP contribution in [0.2, 0.25) is 0 Å². The number of hydrogen-bond acceptors (Lipinski definition) is 7. The Morgan fingerprint density at radius 1 is 1.12 bits per heavy atom. The maximum atomic E-state index is 13.7. The van der Waals surface area contributed by atoms with Gasteiger partial charge in [0, 0.05) is 37.4 Å². The van der Waals surface area contributed by atoms with E-state index in [0.29, 0.717) is 24.2 Å². The number of ether oxygens (including phenoxy) is 2. The van der Waals surface area contributed by atoms with Gasteiger partial charge in [-0.25, -0.2) is 4.79 Å². The molecule has 2 aromatic carbocycles. The van der Waals surface area contributed by atoms with Crippen LogP contribution in [0.25, 0.3) is 0 Å². The maximum absolute atomic E-state index is 13.7. The van der Waals surface area contributed by atoms with Crippen molar-refractivity contribution in [1.29, 1.82) is 0 Å². The van der Waals surface area contributed by atoms with Crippen LogP contribution in [-0.2, 0) is 25.5 Å². The van der Waals surface area contributed by atoms with Crippen molar-refractivity contribution in [3.8, 4) is 0 Å². The number of benzene rings is 2. The molecule has 1 amide bonds. The van der Waals surface area contributed by atoms with Crippen LogP contribution in [0.3, 0.4) is 0 Å². The Morgan fingerprint density at radius 3 is 2.45 bits per heavy atom. The summed E-state index contributed by atoms with van der Waals surface area (Å²) in [4.78, 5) is 50.4. The van der Waals surface area contributed by atoms with Gasteiger partial charge in [-0.2, -0.15) is 0 Å². The molecule has 174 valence electrons. The molecule has 9 nitrogen and oxygen atoms in total. The second kappa shape index (κ2) is 10.2.